The molecule has 1 fully saturated rings. The van der Waals surface area contributed by atoms with Crippen molar-refractivity contribution >= 4 is 29.3 Å². The van der Waals surface area contributed by atoms with Gasteiger partial charge in [-0.3, -0.25) is 9.59 Å². The molecule has 2 aromatic rings. The van der Waals surface area contributed by atoms with Crippen molar-refractivity contribution in [3.05, 3.63) is 58.7 Å². The van der Waals surface area contributed by atoms with Crippen LogP contribution in [-0.4, -0.2) is 36.5 Å². The average Bonchev–Trinajstić information content (AvgIpc) is 2.76. The lowest BCUT2D eigenvalue weighted by atomic mass is 9.96. The van der Waals surface area contributed by atoms with Gasteiger partial charge in [0.05, 0.1) is 10.6 Å². The number of hydrogen-bond acceptors (Lipinski definition) is 5. The Balaban J connectivity index is 1.44. The number of pyridine rings is 1. The Morgan fingerprint density at radius 2 is 1.87 bits per heavy atom. The summed E-state index contributed by atoms with van der Waals surface area (Å²) in [5.74, 6) is -0.845. The number of benzene rings is 1. The first-order valence-electron chi connectivity index (χ1n) is 9.69. The molecule has 166 valence electrons. The number of nitrogens with zero attached hydrogens (tertiary/aromatic N) is 2. The molecule has 1 aliphatic heterocycles. The van der Waals surface area contributed by atoms with Crippen LogP contribution in [0.5, 0.6) is 0 Å². The van der Waals surface area contributed by atoms with Crippen LogP contribution in [-0.2, 0) is 27.1 Å². The molecule has 0 atom stereocenters. The highest BCUT2D eigenvalue weighted by molar-refractivity contribution is 6.33. The van der Waals surface area contributed by atoms with Crippen molar-refractivity contribution in [2.45, 2.75) is 25.6 Å². The lowest BCUT2D eigenvalue weighted by Gasteiger charge is -2.32. The molecule has 6 nitrogen and oxygen atoms in total. The first kappa shape index (κ1) is 22.9. The molecule has 2 heterocycles. The van der Waals surface area contributed by atoms with E-state index in [-0.39, 0.29) is 35.8 Å². The van der Waals surface area contributed by atoms with Gasteiger partial charge in [-0.05, 0) is 24.5 Å². The summed E-state index contributed by atoms with van der Waals surface area (Å²) in [6.07, 6.45) is -2.84. The van der Waals surface area contributed by atoms with E-state index in [1.54, 1.807) is 4.90 Å². The van der Waals surface area contributed by atoms with Crippen LogP contribution < -0.4 is 10.2 Å². The molecule has 31 heavy (non-hydrogen) atoms. The molecule has 1 aliphatic rings. The monoisotopic (exact) mass is 455 g/mol. The minimum absolute atomic E-state index is 0.0844. The third-order valence-corrected chi connectivity index (χ3v) is 5.24. The maximum atomic E-state index is 12.8. The molecular formula is C21H21ClF3N3O3. The zero-order chi connectivity index (χ0) is 22.4. The molecule has 1 saturated heterocycles. The Morgan fingerprint density at radius 1 is 1.19 bits per heavy atom. The molecule has 1 amide bonds. The number of amides is 1. The topological polar surface area (TPSA) is 71.5 Å². The largest absolute Gasteiger partial charge is 0.460 e. The molecule has 0 aliphatic carbocycles. The highest BCUT2D eigenvalue weighted by atomic mass is 35.5. The number of anilines is 1. The normalized spacial score (nSPS) is 14.9. The van der Waals surface area contributed by atoms with Crippen molar-refractivity contribution in [2.24, 2.45) is 5.92 Å². The SMILES string of the molecule is O=C(CNC(=O)C1CCN(c2ncc(C(F)(F)F)cc2Cl)CC1)OCc1ccccc1. The molecule has 10 heteroatoms. The van der Waals surface area contributed by atoms with Gasteiger partial charge in [0.2, 0.25) is 5.91 Å². The van der Waals surface area contributed by atoms with Gasteiger partial charge in [0.25, 0.3) is 0 Å². The van der Waals surface area contributed by atoms with E-state index in [1.807, 2.05) is 30.3 Å². The molecule has 0 bridgehead atoms. The van der Waals surface area contributed by atoms with Gasteiger partial charge < -0.3 is 15.0 Å². The van der Waals surface area contributed by atoms with Gasteiger partial charge in [0.15, 0.2) is 0 Å². The van der Waals surface area contributed by atoms with Gasteiger partial charge in [-0.2, -0.15) is 13.2 Å². The lowest BCUT2D eigenvalue weighted by Crippen LogP contribution is -2.42. The predicted octanol–water partition coefficient (Wildman–Crippen LogP) is 3.83. The van der Waals surface area contributed by atoms with E-state index in [9.17, 15) is 22.8 Å². The summed E-state index contributed by atoms with van der Waals surface area (Å²) in [6.45, 7) is 0.732. The van der Waals surface area contributed by atoms with Gasteiger partial charge in [-0.15, -0.1) is 0 Å². The van der Waals surface area contributed by atoms with Crippen LogP contribution in [0, 0.1) is 5.92 Å². The highest BCUT2D eigenvalue weighted by Gasteiger charge is 2.33. The van der Waals surface area contributed by atoms with E-state index in [2.05, 4.69) is 10.3 Å². The zero-order valence-electron chi connectivity index (χ0n) is 16.5. The fourth-order valence-electron chi connectivity index (χ4n) is 3.26. The quantitative estimate of drug-likeness (QED) is 0.670. The van der Waals surface area contributed by atoms with Crippen molar-refractivity contribution in [3.8, 4) is 0 Å². The number of hydrogen-bond donors (Lipinski definition) is 1. The van der Waals surface area contributed by atoms with Crippen molar-refractivity contribution in [3.63, 3.8) is 0 Å². The Labute approximate surface area is 182 Å². The minimum atomic E-state index is -4.51. The summed E-state index contributed by atoms with van der Waals surface area (Å²) in [5.41, 5.74) is -0.0558. The Bertz CT molecular complexity index is 917. The van der Waals surface area contributed by atoms with E-state index in [1.165, 1.54) is 0 Å². The maximum absolute atomic E-state index is 12.8. The standard InChI is InChI=1S/C21H21ClF3N3O3/c22-17-10-16(21(23,24)25)11-26-19(17)28-8-6-15(7-9-28)20(30)27-12-18(29)31-13-14-4-2-1-3-5-14/h1-5,10-11,15H,6-9,12-13H2,(H,27,30). The lowest BCUT2D eigenvalue weighted by molar-refractivity contribution is -0.145. The molecule has 0 unspecified atom stereocenters. The van der Waals surface area contributed by atoms with E-state index in [0.29, 0.717) is 25.9 Å². The van der Waals surface area contributed by atoms with Gasteiger partial charge in [0, 0.05) is 25.2 Å². The van der Waals surface area contributed by atoms with Crippen LogP contribution in [0.1, 0.15) is 24.0 Å². The molecular weight excluding hydrogens is 435 g/mol. The number of piperidine rings is 1. The second kappa shape index (κ2) is 10.00. The number of alkyl halides is 3. The summed E-state index contributed by atoms with van der Waals surface area (Å²) >= 11 is 5.99. The smallest absolute Gasteiger partial charge is 0.417 e. The van der Waals surface area contributed by atoms with E-state index < -0.39 is 17.7 Å². The fraction of sp³-hybridized carbons (Fsp3) is 0.381. The van der Waals surface area contributed by atoms with Gasteiger partial charge in [-0.1, -0.05) is 41.9 Å². The fourth-order valence-corrected chi connectivity index (χ4v) is 3.55. The van der Waals surface area contributed by atoms with Gasteiger partial charge in [0.1, 0.15) is 19.0 Å². The first-order valence-corrected chi connectivity index (χ1v) is 10.1. The van der Waals surface area contributed by atoms with Crippen molar-refractivity contribution in [2.75, 3.05) is 24.5 Å². The van der Waals surface area contributed by atoms with Crippen molar-refractivity contribution in [1.29, 1.82) is 0 Å². The molecule has 3 rings (SSSR count). The maximum Gasteiger partial charge on any atom is 0.417 e. The average molecular weight is 456 g/mol. The van der Waals surface area contributed by atoms with Crippen molar-refractivity contribution < 1.29 is 27.5 Å². The van der Waals surface area contributed by atoms with Crippen LogP contribution in [0.25, 0.3) is 0 Å². The third kappa shape index (κ3) is 6.33. The number of carbonyl (C=O) groups is 2. The molecule has 1 aromatic heterocycles. The van der Waals surface area contributed by atoms with Crippen LogP contribution in [0.4, 0.5) is 19.0 Å². The van der Waals surface area contributed by atoms with Gasteiger partial charge in [-0.25, -0.2) is 4.98 Å². The van der Waals surface area contributed by atoms with Crippen LogP contribution in [0.2, 0.25) is 5.02 Å². The van der Waals surface area contributed by atoms with Crippen LogP contribution >= 0.6 is 11.6 Å². The number of rotatable bonds is 6. The van der Waals surface area contributed by atoms with Crippen LogP contribution in [0.15, 0.2) is 42.6 Å². The predicted molar refractivity (Wildman–Crippen MR) is 108 cm³/mol. The van der Waals surface area contributed by atoms with Gasteiger partial charge >= 0.3 is 12.1 Å². The molecule has 0 radical (unpaired) electrons. The number of aromatic nitrogens is 1. The zero-order valence-corrected chi connectivity index (χ0v) is 17.2. The highest BCUT2D eigenvalue weighted by Crippen LogP contribution is 2.34. The number of esters is 1. The molecule has 1 aromatic carbocycles. The number of halogens is 4. The second-order valence-electron chi connectivity index (χ2n) is 7.15. The summed E-state index contributed by atoms with van der Waals surface area (Å²) in [5, 5.41) is 2.50. The molecule has 1 N–H and O–H groups in total. The number of ether oxygens (including phenoxy) is 1. The van der Waals surface area contributed by atoms with E-state index >= 15 is 0 Å². The minimum Gasteiger partial charge on any atom is -0.460 e. The number of nitrogens with one attached hydrogen (secondary N) is 1. The summed E-state index contributed by atoms with van der Waals surface area (Å²) in [7, 11) is 0. The van der Waals surface area contributed by atoms with E-state index in [4.69, 9.17) is 16.3 Å². The summed E-state index contributed by atoms with van der Waals surface area (Å²) < 4.78 is 43.4. The molecule has 0 spiro atoms. The molecule has 0 saturated carbocycles. The first-order chi connectivity index (χ1) is 14.7. The van der Waals surface area contributed by atoms with E-state index in [0.717, 1.165) is 17.8 Å². The Kier molecular flexibility index (Phi) is 7.37. The van der Waals surface area contributed by atoms with Crippen LogP contribution in [0.3, 0.4) is 0 Å². The third-order valence-electron chi connectivity index (χ3n) is 4.96. The second-order valence-corrected chi connectivity index (χ2v) is 7.56. The Hall–Kier alpha value is -2.81. The van der Waals surface area contributed by atoms with Crippen molar-refractivity contribution in [1.82, 2.24) is 10.3 Å². The summed E-state index contributed by atoms with van der Waals surface area (Å²) in [4.78, 5) is 29.8. The Morgan fingerprint density at radius 3 is 2.48 bits per heavy atom. The number of carbonyl (C=O) groups excluding carboxylic acids is 2. The summed E-state index contributed by atoms with van der Waals surface area (Å²) in [6, 6.07) is 10.0.